The minimum Gasteiger partial charge on any atom is -0.452 e. The van der Waals surface area contributed by atoms with E-state index in [0.717, 1.165) is 16.5 Å². The Hall–Kier alpha value is -2.42. The second-order valence-electron chi connectivity index (χ2n) is 4.15. The molecule has 0 radical (unpaired) electrons. The lowest BCUT2D eigenvalue weighted by molar-refractivity contribution is 0.101. The first kappa shape index (κ1) is 10.7. The minimum atomic E-state index is -0.189. The number of fused-ring (bicyclic) bond motifs is 1. The van der Waals surface area contributed by atoms with Crippen LogP contribution in [0, 0.1) is 6.92 Å². The summed E-state index contributed by atoms with van der Waals surface area (Å²) in [5.41, 5.74) is 2.18. The van der Waals surface area contributed by atoms with Crippen molar-refractivity contribution >= 4 is 16.8 Å². The van der Waals surface area contributed by atoms with E-state index in [2.05, 4.69) is 4.98 Å². The van der Waals surface area contributed by atoms with E-state index in [4.69, 9.17) is 4.42 Å². The van der Waals surface area contributed by atoms with E-state index in [1.165, 1.54) is 0 Å². The van der Waals surface area contributed by atoms with E-state index in [1.807, 2.05) is 25.1 Å². The Morgan fingerprint density at radius 3 is 2.78 bits per heavy atom. The summed E-state index contributed by atoms with van der Waals surface area (Å²) in [6.07, 6.45) is 1.60. The van der Waals surface area contributed by atoms with Crippen LogP contribution in [-0.4, -0.2) is 10.8 Å². The third-order valence-corrected chi connectivity index (χ3v) is 2.86. The Morgan fingerprint density at radius 1 is 1.17 bits per heavy atom. The van der Waals surface area contributed by atoms with Gasteiger partial charge >= 0.3 is 0 Å². The van der Waals surface area contributed by atoms with Gasteiger partial charge < -0.3 is 4.42 Å². The predicted molar refractivity (Wildman–Crippen MR) is 68.6 cm³/mol. The van der Waals surface area contributed by atoms with Crippen LogP contribution in [0.25, 0.3) is 11.0 Å². The summed E-state index contributed by atoms with van der Waals surface area (Å²) in [7, 11) is 0. The lowest BCUT2D eigenvalue weighted by Gasteiger charge is -1.95. The number of aryl methyl sites for hydroxylation is 1. The van der Waals surface area contributed by atoms with Crippen molar-refractivity contribution in [2.24, 2.45) is 0 Å². The van der Waals surface area contributed by atoms with Gasteiger partial charge in [0, 0.05) is 11.6 Å². The van der Waals surface area contributed by atoms with Gasteiger partial charge in [-0.15, -0.1) is 0 Å². The molecule has 0 atom stereocenters. The fourth-order valence-electron chi connectivity index (χ4n) is 1.94. The highest BCUT2D eigenvalue weighted by atomic mass is 16.3. The van der Waals surface area contributed by atoms with Crippen LogP contribution in [-0.2, 0) is 0 Å². The van der Waals surface area contributed by atoms with Gasteiger partial charge in [0.25, 0.3) is 0 Å². The molecular weight excluding hydrogens is 226 g/mol. The molecule has 3 nitrogen and oxygen atoms in total. The van der Waals surface area contributed by atoms with Crippen LogP contribution in [0.15, 0.2) is 53.1 Å². The zero-order chi connectivity index (χ0) is 12.5. The number of para-hydroxylation sites is 1. The van der Waals surface area contributed by atoms with Crippen molar-refractivity contribution in [2.45, 2.75) is 6.92 Å². The second-order valence-corrected chi connectivity index (χ2v) is 4.15. The van der Waals surface area contributed by atoms with E-state index in [9.17, 15) is 4.79 Å². The third-order valence-electron chi connectivity index (χ3n) is 2.86. The number of nitrogens with zero attached hydrogens (tertiary/aromatic N) is 1. The topological polar surface area (TPSA) is 43.1 Å². The van der Waals surface area contributed by atoms with Gasteiger partial charge in [-0.3, -0.25) is 9.78 Å². The Kier molecular flexibility index (Phi) is 2.45. The summed E-state index contributed by atoms with van der Waals surface area (Å²) in [6, 6.07) is 12.8. The van der Waals surface area contributed by atoms with Gasteiger partial charge in [0.1, 0.15) is 11.3 Å². The van der Waals surface area contributed by atoms with Crippen LogP contribution in [0.2, 0.25) is 0 Å². The Bertz CT molecular complexity index is 714. The van der Waals surface area contributed by atoms with Crippen molar-refractivity contribution in [1.82, 2.24) is 4.98 Å². The van der Waals surface area contributed by atoms with Gasteiger partial charge in [0.15, 0.2) is 5.76 Å². The number of furan rings is 1. The Morgan fingerprint density at radius 2 is 2.06 bits per heavy atom. The SMILES string of the molecule is Cc1cccc2cc(C(=O)c3ccccn3)oc12. The number of rotatable bonds is 2. The number of aromatic nitrogens is 1. The monoisotopic (exact) mass is 237 g/mol. The van der Waals surface area contributed by atoms with Gasteiger partial charge in [-0.25, -0.2) is 0 Å². The average molecular weight is 237 g/mol. The van der Waals surface area contributed by atoms with Crippen LogP contribution in [0.3, 0.4) is 0 Å². The lowest BCUT2D eigenvalue weighted by Crippen LogP contribution is -2.01. The van der Waals surface area contributed by atoms with E-state index in [1.54, 1.807) is 30.5 Å². The molecular formula is C15H11NO2. The Labute approximate surface area is 104 Å². The molecule has 18 heavy (non-hydrogen) atoms. The molecule has 3 heteroatoms. The number of carbonyl (C=O) groups is 1. The highest BCUT2D eigenvalue weighted by Gasteiger charge is 2.15. The van der Waals surface area contributed by atoms with Crippen LogP contribution in [0.1, 0.15) is 21.8 Å². The van der Waals surface area contributed by atoms with Crippen LogP contribution in [0.5, 0.6) is 0 Å². The number of hydrogen-bond acceptors (Lipinski definition) is 3. The fourth-order valence-corrected chi connectivity index (χ4v) is 1.94. The molecule has 0 amide bonds. The maximum Gasteiger partial charge on any atom is 0.246 e. The maximum absolute atomic E-state index is 12.2. The molecule has 88 valence electrons. The van der Waals surface area contributed by atoms with Gasteiger partial charge in [-0.2, -0.15) is 0 Å². The molecule has 0 unspecified atom stereocenters. The highest BCUT2D eigenvalue weighted by Crippen LogP contribution is 2.23. The predicted octanol–water partition coefficient (Wildman–Crippen LogP) is 3.37. The molecule has 2 heterocycles. The molecule has 0 bridgehead atoms. The molecule has 0 saturated heterocycles. The summed E-state index contributed by atoms with van der Waals surface area (Å²) in [6.45, 7) is 1.96. The molecule has 0 N–H and O–H groups in total. The summed E-state index contributed by atoms with van der Waals surface area (Å²) in [5.74, 6) is 0.143. The third kappa shape index (κ3) is 1.70. The molecule has 2 aromatic heterocycles. The number of pyridine rings is 1. The van der Waals surface area contributed by atoms with Crippen molar-refractivity contribution in [3.63, 3.8) is 0 Å². The standard InChI is InChI=1S/C15H11NO2/c1-10-5-4-6-11-9-13(18-15(10)11)14(17)12-7-2-3-8-16-12/h2-9H,1H3. The zero-order valence-electron chi connectivity index (χ0n) is 9.88. The van der Waals surface area contributed by atoms with Gasteiger partial charge in [0.2, 0.25) is 5.78 Å². The van der Waals surface area contributed by atoms with E-state index in [0.29, 0.717) is 11.5 Å². The summed E-state index contributed by atoms with van der Waals surface area (Å²) >= 11 is 0. The van der Waals surface area contributed by atoms with Gasteiger partial charge in [-0.05, 0) is 30.7 Å². The lowest BCUT2D eigenvalue weighted by atomic mass is 10.1. The largest absolute Gasteiger partial charge is 0.452 e. The van der Waals surface area contributed by atoms with E-state index >= 15 is 0 Å². The minimum absolute atomic E-state index is 0.189. The second kappa shape index (κ2) is 4.11. The van der Waals surface area contributed by atoms with Crippen LogP contribution < -0.4 is 0 Å². The molecule has 0 aliphatic carbocycles. The number of hydrogen-bond donors (Lipinski definition) is 0. The number of benzene rings is 1. The number of carbonyl (C=O) groups excluding carboxylic acids is 1. The molecule has 0 saturated carbocycles. The Balaban J connectivity index is 2.10. The average Bonchev–Trinajstić information content (AvgIpc) is 2.84. The van der Waals surface area contributed by atoms with Crippen molar-refractivity contribution in [3.05, 3.63) is 65.7 Å². The van der Waals surface area contributed by atoms with Crippen LogP contribution in [0.4, 0.5) is 0 Å². The van der Waals surface area contributed by atoms with E-state index < -0.39 is 0 Å². The first-order valence-corrected chi connectivity index (χ1v) is 5.70. The van der Waals surface area contributed by atoms with Crippen molar-refractivity contribution in [1.29, 1.82) is 0 Å². The van der Waals surface area contributed by atoms with Gasteiger partial charge in [0.05, 0.1) is 0 Å². The van der Waals surface area contributed by atoms with Crippen molar-refractivity contribution in [2.75, 3.05) is 0 Å². The first-order valence-electron chi connectivity index (χ1n) is 5.70. The van der Waals surface area contributed by atoms with Crippen molar-refractivity contribution in [3.8, 4) is 0 Å². The number of ketones is 1. The molecule has 0 spiro atoms. The molecule has 3 aromatic rings. The summed E-state index contributed by atoms with van der Waals surface area (Å²) < 4.78 is 5.63. The summed E-state index contributed by atoms with van der Waals surface area (Å²) in [5, 5.41) is 0.939. The molecule has 0 fully saturated rings. The fraction of sp³-hybridized carbons (Fsp3) is 0.0667. The molecule has 1 aromatic carbocycles. The van der Waals surface area contributed by atoms with E-state index in [-0.39, 0.29) is 5.78 Å². The smallest absolute Gasteiger partial charge is 0.246 e. The quantitative estimate of drug-likeness (QED) is 0.642. The highest BCUT2D eigenvalue weighted by molar-refractivity contribution is 6.07. The van der Waals surface area contributed by atoms with Crippen molar-refractivity contribution < 1.29 is 9.21 Å². The molecule has 0 aliphatic rings. The van der Waals surface area contributed by atoms with Gasteiger partial charge in [-0.1, -0.05) is 24.3 Å². The maximum atomic E-state index is 12.2. The molecule has 3 rings (SSSR count). The summed E-state index contributed by atoms with van der Waals surface area (Å²) in [4.78, 5) is 16.2. The zero-order valence-corrected chi connectivity index (χ0v) is 9.88. The molecule has 0 aliphatic heterocycles. The normalized spacial score (nSPS) is 10.7. The van der Waals surface area contributed by atoms with Crippen LogP contribution >= 0.6 is 0 Å². The first-order chi connectivity index (χ1) is 8.75.